The first-order valence-corrected chi connectivity index (χ1v) is 8.39. The summed E-state index contributed by atoms with van der Waals surface area (Å²) in [5.74, 6) is 0.00805. The van der Waals surface area contributed by atoms with E-state index >= 15 is 0 Å². The number of likely N-dealkylation sites (tertiary alicyclic amines) is 1. The number of aliphatic hydroxyl groups is 1. The van der Waals surface area contributed by atoms with Gasteiger partial charge in [-0.15, -0.1) is 0 Å². The van der Waals surface area contributed by atoms with Gasteiger partial charge >= 0.3 is 6.03 Å². The summed E-state index contributed by atoms with van der Waals surface area (Å²) in [4.78, 5) is 13.2. The molecular formula is C18H28N2O3. The zero-order chi connectivity index (χ0) is 16.7. The highest BCUT2D eigenvalue weighted by atomic mass is 16.5. The molecule has 0 aliphatic carbocycles. The van der Waals surface area contributed by atoms with Crippen LogP contribution in [0.4, 0.5) is 4.79 Å². The number of unbranched alkanes of at least 4 members (excludes halogenated alkanes) is 1. The largest absolute Gasteiger partial charge is 0.385 e. The number of piperidine rings is 1. The molecule has 1 aromatic rings. The van der Waals surface area contributed by atoms with Crippen LogP contribution in [0.25, 0.3) is 0 Å². The molecule has 0 saturated carbocycles. The van der Waals surface area contributed by atoms with Gasteiger partial charge in [-0.05, 0) is 37.7 Å². The van der Waals surface area contributed by atoms with Crippen molar-refractivity contribution in [2.75, 3.05) is 26.8 Å². The number of ether oxygens (including phenoxy) is 1. The Hall–Kier alpha value is -1.59. The fourth-order valence-electron chi connectivity index (χ4n) is 3.52. The minimum Gasteiger partial charge on any atom is -0.385 e. The summed E-state index contributed by atoms with van der Waals surface area (Å²) in [5.41, 5.74) is 5.44. The van der Waals surface area contributed by atoms with Crippen LogP contribution in [0.1, 0.15) is 37.7 Å². The van der Waals surface area contributed by atoms with E-state index < -0.39 is 11.6 Å². The van der Waals surface area contributed by atoms with E-state index in [1.165, 1.54) is 0 Å². The molecule has 1 unspecified atom stereocenters. The van der Waals surface area contributed by atoms with Gasteiger partial charge in [-0.25, -0.2) is 4.79 Å². The second kappa shape index (κ2) is 8.31. The Bertz CT molecular complexity index is 494. The first-order valence-electron chi connectivity index (χ1n) is 8.39. The van der Waals surface area contributed by atoms with Gasteiger partial charge in [-0.1, -0.05) is 30.3 Å². The van der Waals surface area contributed by atoms with E-state index in [1.807, 2.05) is 30.3 Å². The van der Waals surface area contributed by atoms with Crippen LogP contribution in [-0.4, -0.2) is 42.8 Å². The molecule has 0 bridgehead atoms. The van der Waals surface area contributed by atoms with Gasteiger partial charge in [0.1, 0.15) is 0 Å². The average molecular weight is 320 g/mol. The highest BCUT2D eigenvalue weighted by molar-refractivity contribution is 5.72. The number of hydrogen-bond acceptors (Lipinski definition) is 3. The zero-order valence-corrected chi connectivity index (χ0v) is 13.9. The van der Waals surface area contributed by atoms with Gasteiger partial charge in [0.25, 0.3) is 0 Å². The third kappa shape index (κ3) is 4.45. The van der Waals surface area contributed by atoms with Gasteiger partial charge in [0.2, 0.25) is 0 Å². The minimum absolute atomic E-state index is 0.00805. The normalized spacial score (nSPS) is 21.0. The molecule has 23 heavy (non-hydrogen) atoms. The average Bonchev–Trinajstić information content (AvgIpc) is 2.59. The Morgan fingerprint density at radius 3 is 2.78 bits per heavy atom. The number of rotatable bonds is 7. The van der Waals surface area contributed by atoms with Crippen LogP contribution in [0.3, 0.4) is 0 Å². The van der Waals surface area contributed by atoms with Gasteiger partial charge < -0.3 is 20.5 Å². The van der Waals surface area contributed by atoms with Gasteiger partial charge in [0.15, 0.2) is 0 Å². The van der Waals surface area contributed by atoms with Gasteiger partial charge in [-0.3, -0.25) is 0 Å². The molecule has 1 heterocycles. The smallest absolute Gasteiger partial charge is 0.314 e. The minimum atomic E-state index is -0.927. The maximum Gasteiger partial charge on any atom is 0.314 e. The van der Waals surface area contributed by atoms with E-state index in [4.69, 9.17) is 10.5 Å². The highest BCUT2D eigenvalue weighted by Crippen LogP contribution is 2.39. The summed E-state index contributed by atoms with van der Waals surface area (Å²) in [6.07, 6.45) is 4.24. The van der Waals surface area contributed by atoms with E-state index in [1.54, 1.807) is 12.0 Å². The van der Waals surface area contributed by atoms with Crippen molar-refractivity contribution in [3.8, 4) is 0 Å². The van der Waals surface area contributed by atoms with Crippen molar-refractivity contribution in [3.63, 3.8) is 0 Å². The highest BCUT2D eigenvalue weighted by Gasteiger charge is 2.40. The predicted molar refractivity (Wildman–Crippen MR) is 89.9 cm³/mol. The van der Waals surface area contributed by atoms with E-state index in [-0.39, 0.29) is 5.92 Å². The van der Waals surface area contributed by atoms with Crippen LogP contribution in [0.5, 0.6) is 0 Å². The first kappa shape index (κ1) is 17.8. The molecule has 3 N–H and O–H groups in total. The lowest BCUT2D eigenvalue weighted by Gasteiger charge is -2.42. The number of nitrogens with two attached hydrogens (primary N) is 1. The van der Waals surface area contributed by atoms with Gasteiger partial charge in [0.05, 0.1) is 5.60 Å². The quantitative estimate of drug-likeness (QED) is 0.758. The molecule has 0 aromatic heterocycles. The maximum absolute atomic E-state index is 11.5. The molecule has 128 valence electrons. The molecule has 2 amide bonds. The summed E-state index contributed by atoms with van der Waals surface area (Å²) < 4.78 is 5.11. The third-order valence-electron chi connectivity index (χ3n) is 4.84. The number of primary amides is 1. The first-order chi connectivity index (χ1) is 11.1. The van der Waals surface area contributed by atoms with Gasteiger partial charge in [-0.2, -0.15) is 0 Å². The monoisotopic (exact) mass is 320 g/mol. The second-order valence-corrected chi connectivity index (χ2v) is 6.36. The lowest BCUT2D eigenvalue weighted by molar-refractivity contribution is -0.0559. The lowest BCUT2D eigenvalue weighted by Crippen LogP contribution is -2.49. The third-order valence-corrected chi connectivity index (χ3v) is 4.84. The summed E-state index contributed by atoms with van der Waals surface area (Å²) in [6.45, 7) is 1.90. The number of hydrogen-bond donors (Lipinski definition) is 2. The van der Waals surface area contributed by atoms with Crippen LogP contribution in [0.2, 0.25) is 0 Å². The number of carbonyl (C=O) groups is 1. The number of benzene rings is 1. The molecule has 1 aliphatic rings. The molecule has 5 heteroatoms. The molecule has 5 nitrogen and oxygen atoms in total. The number of amides is 2. The van der Waals surface area contributed by atoms with Crippen LogP contribution in [0.15, 0.2) is 30.3 Å². The fourth-order valence-corrected chi connectivity index (χ4v) is 3.52. The van der Waals surface area contributed by atoms with Crippen LogP contribution < -0.4 is 5.73 Å². The van der Waals surface area contributed by atoms with E-state index in [0.717, 1.165) is 31.2 Å². The van der Waals surface area contributed by atoms with Crippen molar-refractivity contribution in [1.29, 1.82) is 0 Å². The molecule has 0 radical (unpaired) electrons. The van der Waals surface area contributed by atoms with Crippen LogP contribution in [-0.2, 0) is 10.3 Å². The Labute approximate surface area is 138 Å². The number of methoxy groups -OCH3 is 1. The lowest BCUT2D eigenvalue weighted by atomic mass is 9.74. The van der Waals surface area contributed by atoms with Crippen LogP contribution in [0, 0.1) is 5.92 Å². The van der Waals surface area contributed by atoms with Crippen molar-refractivity contribution < 1.29 is 14.6 Å². The van der Waals surface area contributed by atoms with Crippen molar-refractivity contribution in [3.05, 3.63) is 35.9 Å². The Morgan fingerprint density at radius 2 is 2.13 bits per heavy atom. The van der Waals surface area contributed by atoms with Crippen LogP contribution >= 0.6 is 0 Å². The number of nitrogens with zero attached hydrogens (tertiary/aromatic N) is 1. The molecule has 1 aromatic carbocycles. The van der Waals surface area contributed by atoms with Crippen molar-refractivity contribution >= 4 is 6.03 Å². The Kier molecular flexibility index (Phi) is 6.42. The topological polar surface area (TPSA) is 75.8 Å². The second-order valence-electron chi connectivity index (χ2n) is 6.36. The van der Waals surface area contributed by atoms with E-state index in [2.05, 4.69) is 0 Å². The predicted octanol–water partition coefficient (Wildman–Crippen LogP) is 2.48. The van der Waals surface area contributed by atoms with E-state index in [9.17, 15) is 9.90 Å². The Morgan fingerprint density at radius 1 is 1.39 bits per heavy atom. The SMILES string of the molecule is COCCCC[C@@](O)(c1ccccc1)C1CCCN(C(N)=O)C1. The summed E-state index contributed by atoms with van der Waals surface area (Å²) >= 11 is 0. The summed E-state index contributed by atoms with van der Waals surface area (Å²) in [6, 6.07) is 9.39. The molecule has 1 fully saturated rings. The number of urea groups is 1. The zero-order valence-electron chi connectivity index (χ0n) is 13.9. The molecule has 2 rings (SSSR count). The molecule has 1 saturated heterocycles. The van der Waals surface area contributed by atoms with Crippen molar-refractivity contribution in [2.24, 2.45) is 11.7 Å². The maximum atomic E-state index is 11.5. The Balaban J connectivity index is 2.17. The van der Waals surface area contributed by atoms with E-state index in [0.29, 0.717) is 26.1 Å². The molecule has 0 spiro atoms. The summed E-state index contributed by atoms with van der Waals surface area (Å²) in [7, 11) is 1.69. The number of carbonyl (C=O) groups excluding carboxylic acids is 1. The molecule has 1 aliphatic heterocycles. The molecule has 2 atom stereocenters. The summed E-state index contributed by atoms with van der Waals surface area (Å²) in [5, 5.41) is 11.5. The van der Waals surface area contributed by atoms with Crippen molar-refractivity contribution in [2.45, 2.75) is 37.7 Å². The molecular weight excluding hydrogens is 292 g/mol. The fraction of sp³-hybridized carbons (Fsp3) is 0.611. The standard InChI is InChI=1S/C18H28N2O3/c1-23-13-6-5-11-18(22,15-8-3-2-4-9-15)16-10-7-12-20(14-16)17(19)21/h2-4,8-9,16,22H,5-7,10-14H2,1H3,(H2,19,21)/t16?,18-/m1/s1. The van der Waals surface area contributed by atoms with Crippen molar-refractivity contribution in [1.82, 2.24) is 4.90 Å². The van der Waals surface area contributed by atoms with Gasteiger partial charge in [0, 0.05) is 32.7 Å².